The van der Waals surface area contributed by atoms with Gasteiger partial charge in [-0.15, -0.1) is 0 Å². The summed E-state index contributed by atoms with van der Waals surface area (Å²) in [5, 5.41) is 9.98. The van der Waals surface area contributed by atoms with Gasteiger partial charge in [-0.3, -0.25) is 0 Å². The summed E-state index contributed by atoms with van der Waals surface area (Å²) in [4.78, 5) is 2.61. The van der Waals surface area contributed by atoms with Gasteiger partial charge in [-0.2, -0.15) is 0 Å². The number of hydrogen-bond donors (Lipinski definition) is 1. The van der Waals surface area contributed by atoms with Crippen LogP contribution >= 0.6 is 0 Å². The van der Waals surface area contributed by atoms with Crippen LogP contribution in [0.4, 0.5) is 0 Å². The van der Waals surface area contributed by atoms with Crippen LogP contribution in [0.25, 0.3) is 0 Å². The van der Waals surface area contributed by atoms with Gasteiger partial charge in [0.25, 0.3) is 0 Å². The predicted molar refractivity (Wildman–Crippen MR) is 105 cm³/mol. The van der Waals surface area contributed by atoms with Crippen LogP contribution < -0.4 is 0 Å². The average Bonchev–Trinajstić information content (AvgIpc) is 2.63. The van der Waals surface area contributed by atoms with E-state index in [1.54, 1.807) is 6.07 Å². The van der Waals surface area contributed by atoms with Gasteiger partial charge in [0.2, 0.25) is 0 Å². The number of benzene rings is 2. The SMILES string of the molecule is Cc1ccc(CCN2CCC([C@@H](C)c3cccc(O)c3C)CC2)cc1. The zero-order chi connectivity index (χ0) is 17.8. The van der Waals surface area contributed by atoms with Crippen LogP contribution in [0, 0.1) is 19.8 Å². The summed E-state index contributed by atoms with van der Waals surface area (Å²) in [6, 6.07) is 14.9. The second kappa shape index (κ2) is 8.05. The van der Waals surface area contributed by atoms with Crippen LogP contribution in [0.2, 0.25) is 0 Å². The van der Waals surface area contributed by atoms with E-state index in [0.717, 1.165) is 24.4 Å². The number of aromatic hydroxyl groups is 1. The summed E-state index contributed by atoms with van der Waals surface area (Å²) in [5.41, 5.74) is 5.15. The summed E-state index contributed by atoms with van der Waals surface area (Å²) in [7, 11) is 0. The molecule has 1 saturated heterocycles. The molecule has 1 fully saturated rings. The van der Waals surface area contributed by atoms with E-state index in [4.69, 9.17) is 0 Å². The maximum Gasteiger partial charge on any atom is 0.118 e. The lowest BCUT2D eigenvalue weighted by atomic mass is 9.79. The number of likely N-dealkylation sites (tertiary alicyclic amines) is 1. The first kappa shape index (κ1) is 18.0. The molecule has 1 N–H and O–H groups in total. The van der Waals surface area contributed by atoms with E-state index in [9.17, 15) is 5.11 Å². The van der Waals surface area contributed by atoms with E-state index in [1.165, 1.54) is 42.6 Å². The van der Waals surface area contributed by atoms with E-state index < -0.39 is 0 Å². The van der Waals surface area contributed by atoms with Gasteiger partial charge in [-0.25, -0.2) is 0 Å². The first-order valence-electron chi connectivity index (χ1n) is 9.61. The van der Waals surface area contributed by atoms with Crippen molar-refractivity contribution in [3.05, 3.63) is 64.7 Å². The summed E-state index contributed by atoms with van der Waals surface area (Å²) >= 11 is 0. The minimum Gasteiger partial charge on any atom is -0.508 e. The maximum absolute atomic E-state index is 9.98. The Balaban J connectivity index is 1.51. The molecule has 2 heteroatoms. The smallest absolute Gasteiger partial charge is 0.118 e. The molecule has 1 aliphatic rings. The summed E-state index contributed by atoms with van der Waals surface area (Å²) in [6.45, 7) is 10.1. The minimum absolute atomic E-state index is 0.430. The molecule has 0 bridgehead atoms. The molecular formula is C23H31NO. The van der Waals surface area contributed by atoms with Crippen LogP contribution in [-0.4, -0.2) is 29.6 Å². The number of rotatable bonds is 5. The third-order valence-corrected chi connectivity index (χ3v) is 6.01. The molecule has 134 valence electrons. The number of hydrogen-bond acceptors (Lipinski definition) is 2. The first-order valence-corrected chi connectivity index (χ1v) is 9.61. The number of nitrogens with zero attached hydrogens (tertiary/aromatic N) is 1. The van der Waals surface area contributed by atoms with Crippen molar-refractivity contribution in [2.75, 3.05) is 19.6 Å². The highest BCUT2D eigenvalue weighted by atomic mass is 16.3. The summed E-state index contributed by atoms with van der Waals surface area (Å²) < 4.78 is 0. The minimum atomic E-state index is 0.430. The second-order valence-electron chi connectivity index (χ2n) is 7.69. The van der Waals surface area contributed by atoms with E-state index in [-0.39, 0.29) is 0 Å². The standard InChI is InChI=1S/C23H31NO/c1-17-7-9-20(10-8-17)11-14-24-15-12-21(13-16-24)18(2)22-5-4-6-23(25)19(22)3/h4-10,18,21,25H,11-16H2,1-3H3/t18-/m1/s1. The van der Waals surface area contributed by atoms with Gasteiger partial charge in [0.15, 0.2) is 0 Å². The molecule has 0 aliphatic carbocycles. The Morgan fingerprint density at radius 2 is 1.72 bits per heavy atom. The van der Waals surface area contributed by atoms with Crippen molar-refractivity contribution in [3.63, 3.8) is 0 Å². The molecule has 0 aromatic heterocycles. The number of phenols is 1. The molecule has 2 nitrogen and oxygen atoms in total. The molecule has 25 heavy (non-hydrogen) atoms. The molecule has 1 aliphatic heterocycles. The fourth-order valence-corrected chi connectivity index (χ4v) is 4.11. The Morgan fingerprint density at radius 3 is 2.40 bits per heavy atom. The Labute approximate surface area is 152 Å². The molecule has 0 spiro atoms. The molecule has 1 heterocycles. The second-order valence-corrected chi connectivity index (χ2v) is 7.69. The molecule has 0 saturated carbocycles. The number of aryl methyl sites for hydroxylation is 1. The molecule has 0 unspecified atom stereocenters. The topological polar surface area (TPSA) is 23.5 Å². The lowest BCUT2D eigenvalue weighted by Crippen LogP contribution is -2.36. The lowest BCUT2D eigenvalue weighted by molar-refractivity contribution is 0.173. The van der Waals surface area contributed by atoms with Crippen molar-refractivity contribution < 1.29 is 5.11 Å². The van der Waals surface area contributed by atoms with Gasteiger partial charge >= 0.3 is 0 Å². The van der Waals surface area contributed by atoms with Gasteiger partial charge < -0.3 is 10.0 Å². The van der Waals surface area contributed by atoms with Crippen molar-refractivity contribution in [2.24, 2.45) is 5.92 Å². The van der Waals surface area contributed by atoms with E-state index in [1.807, 2.05) is 13.0 Å². The average molecular weight is 338 g/mol. The third kappa shape index (κ3) is 4.43. The van der Waals surface area contributed by atoms with E-state index in [2.05, 4.69) is 49.1 Å². The van der Waals surface area contributed by atoms with E-state index in [0.29, 0.717) is 11.7 Å². The first-order chi connectivity index (χ1) is 12.0. The zero-order valence-corrected chi connectivity index (χ0v) is 15.8. The fraction of sp³-hybridized carbons (Fsp3) is 0.478. The van der Waals surface area contributed by atoms with E-state index >= 15 is 0 Å². The van der Waals surface area contributed by atoms with Crippen molar-refractivity contribution in [3.8, 4) is 5.75 Å². The molecule has 3 rings (SSSR count). The largest absolute Gasteiger partial charge is 0.508 e. The van der Waals surface area contributed by atoms with Crippen LogP contribution in [-0.2, 0) is 6.42 Å². The van der Waals surface area contributed by atoms with Gasteiger partial charge in [0, 0.05) is 6.54 Å². The third-order valence-electron chi connectivity index (χ3n) is 6.01. The monoisotopic (exact) mass is 337 g/mol. The molecule has 2 aromatic carbocycles. The molecule has 2 aromatic rings. The maximum atomic E-state index is 9.98. The van der Waals surface area contributed by atoms with Crippen LogP contribution in [0.3, 0.4) is 0 Å². The lowest BCUT2D eigenvalue weighted by Gasteiger charge is -2.35. The Morgan fingerprint density at radius 1 is 1.04 bits per heavy atom. The quantitative estimate of drug-likeness (QED) is 0.823. The molecule has 1 atom stereocenters. The molecule has 0 radical (unpaired) electrons. The Bertz CT molecular complexity index is 684. The molecule has 0 amide bonds. The van der Waals surface area contributed by atoms with Gasteiger partial charge in [-0.05, 0) is 80.8 Å². The van der Waals surface area contributed by atoms with Crippen molar-refractivity contribution in [1.29, 1.82) is 0 Å². The van der Waals surface area contributed by atoms with Gasteiger partial charge in [-0.1, -0.05) is 48.9 Å². The number of piperidine rings is 1. The Hall–Kier alpha value is -1.80. The highest BCUT2D eigenvalue weighted by Gasteiger charge is 2.25. The fourth-order valence-electron chi connectivity index (χ4n) is 4.11. The van der Waals surface area contributed by atoms with Crippen LogP contribution in [0.5, 0.6) is 5.75 Å². The van der Waals surface area contributed by atoms with Crippen LogP contribution in [0.1, 0.15) is 47.9 Å². The molecular weight excluding hydrogens is 306 g/mol. The predicted octanol–water partition coefficient (Wildman–Crippen LogP) is 5.07. The normalized spacial score (nSPS) is 17.6. The Kier molecular flexibility index (Phi) is 5.80. The van der Waals surface area contributed by atoms with Gasteiger partial charge in [0.05, 0.1) is 0 Å². The highest BCUT2D eigenvalue weighted by Crippen LogP contribution is 2.36. The van der Waals surface area contributed by atoms with Crippen LogP contribution in [0.15, 0.2) is 42.5 Å². The zero-order valence-electron chi connectivity index (χ0n) is 15.8. The van der Waals surface area contributed by atoms with Gasteiger partial charge in [0.1, 0.15) is 5.75 Å². The summed E-state index contributed by atoms with van der Waals surface area (Å²) in [5.74, 6) is 1.67. The number of phenolic OH excluding ortho intramolecular Hbond substituents is 1. The summed E-state index contributed by atoms with van der Waals surface area (Å²) in [6.07, 6.45) is 3.65. The van der Waals surface area contributed by atoms with Crippen molar-refractivity contribution >= 4 is 0 Å². The van der Waals surface area contributed by atoms with Crippen molar-refractivity contribution in [2.45, 2.75) is 46.0 Å². The highest BCUT2D eigenvalue weighted by molar-refractivity contribution is 5.40. The van der Waals surface area contributed by atoms with Crippen molar-refractivity contribution in [1.82, 2.24) is 4.90 Å².